The Morgan fingerprint density at radius 3 is 2.48 bits per heavy atom. The number of anilines is 3. The van der Waals surface area contributed by atoms with Gasteiger partial charge >= 0.3 is 6.09 Å². The van der Waals surface area contributed by atoms with Crippen LogP contribution >= 0.6 is 0 Å². The van der Waals surface area contributed by atoms with E-state index in [1.165, 1.54) is 9.80 Å². The summed E-state index contributed by atoms with van der Waals surface area (Å²) >= 11 is 0. The molecule has 150 valence electrons. The number of nitrogens with zero attached hydrogens (tertiary/aromatic N) is 2. The second-order valence-corrected chi connectivity index (χ2v) is 6.84. The maximum Gasteiger partial charge on any atom is 0.414 e. The highest BCUT2D eigenvalue weighted by Gasteiger charge is 2.35. The van der Waals surface area contributed by atoms with Gasteiger partial charge in [-0.2, -0.15) is 0 Å². The molecular weight excluding hydrogens is 384 g/mol. The molecule has 29 heavy (non-hydrogen) atoms. The first-order valence-electron chi connectivity index (χ1n) is 9.02. The Balaban J connectivity index is 1.45. The number of cyclic esters (lactones) is 1. The van der Waals surface area contributed by atoms with Crippen LogP contribution in [-0.2, 0) is 14.3 Å². The number of ether oxygens (including phenoxy) is 1. The average molecular weight is 401 g/mol. The molecule has 0 bridgehead atoms. The third-order valence-electron chi connectivity index (χ3n) is 4.84. The summed E-state index contributed by atoms with van der Waals surface area (Å²) in [5.74, 6) is -3.03. The average Bonchev–Trinajstić information content (AvgIpc) is 3.27. The molecule has 0 spiro atoms. The number of amides is 3. The van der Waals surface area contributed by atoms with Gasteiger partial charge in [-0.3, -0.25) is 14.5 Å². The van der Waals surface area contributed by atoms with Crippen molar-refractivity contribution in [3.63, 3.8) is 0 Å². The van der Waals surface area contributed by atoms with Crippen molar-refractivity contribution >= 4 is 35.0 Å². The number of benzene rings is 2. The van der Waals surface area contributed by atoms with E-state index >= 15 is 0 Å². The monoisotopic (exact) mass is 401 g/mol. The molecule has 7 nitrogen and oxygen atoms in total. The lowest BCUT2D eigenvalue weighted by Gasteiger charge is -2.17. The van der Waals surface area contributed by atoms with Gasteiger partial charge in [0, 0.05) is 36.1 Å². The van der Waals surface area contributed by atoms with Crippen LogP contribution in [-0.4, -0.2) is 37.6 Å². The van der Waals surface area contributed by atoms with Crippen LogP contribution in [0.3, 0.4) is 0 Å². The predicted molar refractivity (Wildman–Crippen MR) is 101 cm³/mol. The van der Waals surface area contributed by atoms with Gasteiger partial charge in [-0.25, -0.2) is 13.6 Å². The molecule has 0 aromatic heterocycles. The molecule has 3 amide bonds. The molecule has 0 saturated carbocycles. The minimum atomic E-state index is -0.794. The van der Waals surface area contributed by atoms with Crippen LogP contribution in [0.25, 0.3) is 0 Å². The molecule has 9 heteroatoms. The van der Waals surface area contributed by atoms with Crippen molar-refractivity contribution in [1.82, 2.24) is 0 Å². The molecule has 0 radical (unpaired) electrons. The highest BCUT2D eigenvalue weighted by Crippen LogP contribution is 2.28. The number of carbonyl (C=O) groups excluding carboxylic acids is 3. The standard InChI is InChI=1S/C20H17F2N3O4/c21-13-7-14(22)9-17(8-13)25-11-12(6-18(25)26)19(27)23-15-2-1-3-16(10-15)24-4-5-29-20(24)28/h1-3,7-10,12H,4-6,11H2,(H,23,27). The fourth-order valence-electron chi connectivity index (χ4n) is 3.45. The van der Waals surface area contributed by atoms with Gasteiger partial charge in [0.1, 0.15) is 18.2 Å². The number of rotatable bonds is 4. The minimum Gasteiger partial charge on any atom is -0.447 e. The first-order valence-corrected chi connectivity index (χ1v) is 9.02. The molecule has 1 N–H and O–H groups in total. The number of hydrogen-bond donors (Lipinski definition) is 1. The summed E-state index contributed by atoms with van der Waals surface area (Å²) in [6, 6.07) is 9.55. The molecular formula is C20H17F2N3O4. The van der Waals surface area contributed by atoms with Gasteiger partial charge in [0.25, 0.3) is 0 Å². The van der Waals surface area contributed by atoms with E-state index in [1.54, 1.807) is 24.3 Å². The maximum atomic E-state index is 13.5. The third kappa shape index (κ3) is 3.89. The van der Waals surface area contributed by atoms with E-state index in [4.69, 9.17) is 4.74 Å². The van der Waals surface area contributed by atoms with Gasteiger partial charge in [0.15, 0.2) is 0 Å². The van der Waals surface area contributed by atoms with Crippen LogP contribution in [0.1, 0.15) is 6.42 Å². The molecule has 2 fully saturated rings. The highest BCUT2D eigenvalue weighted by atomic mass is 19.1. The zero-order valence-electron chi connectivity index (χ0n) is 15.2. The van der Waals surface area contributed by atoms with Crippen LogP contribution in [0.15, 0.2) is 42.5 Å². The zero-order valence-corrected chi connectivity index (χ0v) is 15.2. The van der Waals surface area contributed by atoms with Crippen molar-refractivity contribution in [1.29, 1.82) is 0 Å². The molecule has 1 atom stereocenters. The van der Waals surface area contributed by atoms with Crippen molar-refractivity contribution in [3.05, 3.63) is 54.1 Å². The Kier molecular flexibility index (Phi) is 4.87. The molecule has 2 aromatic carbocycles. The molecule has 2 aliphatic rings. The van der Waals surface area contributed by atoms with Gasteiger partial charge in [-0.05, 0) is 30.3 Å². The largest absolute Gasteiger partial charge is 0.447 e. The number of hydrogen-bond acceptors (Lipinski definition) is 4. The number of halogens is 2. The summed E-state index contributed by atoms with van der Waals surface area (Å²) in [4.78, 5) is 39.2. The maximum absolute atomic E-state index is 13.5. The lowest BCUT2D eigenvalue weighted by molar-refractivity contribution is -0.122. The van der Waals surface area contributed by atoms with E-state index in [2.05, 4.69) is 5.32 Å². The Labute approximate surface area is 164 Å². The normalized spacial score (nSPS) is 18.9. The van der Waals surface area contributed by atoms with Gasteiger partial charge in [0.2, 0.25) is 11.8 Å². The van der Waals surface area contributed by atoms with Crippen molar-refractivity contribution in [2.24, 2.45) is 5.92 Å². The summed E-state index contributed by atoms with van der Waals surface area (Å²) < 4.78 is 31.8. The Hall–Kier alpha value is -3.49. The first kappa shape index (κ1) is 18.9. The second-order valence-electron chi connectivity index (χ2n) is 6.84. The zero-order chi connectivity index (χ0) is 20.5. The lowest BCUT2D eigenvalue weighted by atomic mass is 10.1. The van der Waals surface area contributed by atoms with Crippen LogP contribution in [0.5, 0.6) is 0 Å². The fraction of sp³-hybridized carbons (Fsp3) is 0.250. The smallest absolute Gasteiger partial charge is 0.414 e. The Morgan fingerprint density at radius 2 is 1.79 bits per heavy atom. The SMILES string of the molecule is O=C(Nc1cccc(N2CCOC2=O)c1)C1CC(=O)N(c2cc(F)cc(F)c2)C1. The van der Waals surface area contributed by atoms with Gasteiger partial charge in [-0.15, -0.1) is 0 Å². The molecule has 1 unspecified atom stereocenters. The molecule has 4 rings (SSSR count). The molecule has 2 aromatic rings. The summed E-state index contributed by atoms with van der Waals surface area (Å²) in [7, 11) is 0. The second kappa shape index (κ2) is 7.50. The highest BCUT2D eigenvalue weighted by molar-refractivity contribution is 6.03. The van der Waals surface area contributed by atoms with E-state index in [0.717, 1.165) is 18.2 Å². The van der Waals surface area contributed by atoms with E-state index in [9.17, 15) is 23.2 Å². The summed E-state index contributed by atoms with van der Waals surface area (Å²) in [5.41, 5.74) is 1.14. The van der Waals surface area contributed by atoms with Crippen molar-refractivity contribution in [3.8, 4) is 0 Å². The van der Waals surface area contributed by atoms with Gasteiger partial charge < -0.3 is 15.0 Å². The van der Waals surface area contributed by atoms with Crippen LogP contribution < -0.4 is 15.1 Å². The molecule has 2 heterocycles. The number of nitrogens with one attached hydrogen (secondary N) is 1. The Bertz CT molecular complexity index is 977. The summed E-state index contributed by atoms with van der Waals surface area (Å²) in [6.07, 6.45) is -0.518. The Morgan fingerprint density at radius 1 is 1.03 bits per heavy atom. The molecule has 0 aliphatic carbocycles. The molecule has 2 aliphatic heterocycles. The van der Waals surface area contributed by atoms with E-state index in [1.807, 2.05) is 0 Å². The number of carbonyl (C=O) groups is 3. The van der Waals surface area contributed by atoms with Gasteiger partial charge in [-0.1, -0.05) is 6.07 Å². The van der Waals surface area contributed by atoms with Crippen LogP contribution in [0.2, 0.25) is 0 Å². The molecule has 2 saturated heterocycles. The first-order chi connectivity index (χ1) is 13.9. The van der Waals surface area contributed by atoms with Crippen molar-refractivity contribution < 1.29 is 27.9 Å². The van der Waals surface area contributed by atoms with Crippen LogP contribution in [0.4, 0.5) is 30.6 Å². The van der Waals surface area contributed by atoms with E-state index < -0.39 is 23.6 Å². The minimum absolute atomic E-state index is 0.0195. The van der Waals surface area contributed by atoms with E-state index in [-0.39, 0.29) is 30.5 Å². The summed E-state index contributed by atoms with van der Waals surface area (Å²) in [5, 5.41) is 2.73. The quantitative estimate of drug-likeness (QED) is 0.855. The summed E-state index contributed by atoms with van der Waals surface area (Å²) in [6.45, 7) is 0.744. The topological polar surface area (TPSA) is 79.0 Å². The fourth-order valence-corrected chi connectivity index (χ4v) is 3.45. The third-order valence-corrected chi connectivity index (χ3v) is 4.84. The van der Waals surface area contributed by atoms with Crippen molar-refractivity contribution in [2.45, 2.75) is 6.42 Å². The van der Waals surface area contributed by atoms with Crippen molar-refractivity contribution in [2.75, 3.05) is 34.8 Å². The lowest BCUT2D eigenvalue weighted by Crippen LogP contribution is -2.28. The van der Waals surface area contributed by atoms with Crippen LogP contribution in [0, 0.1) is 17.6 Å². The van der Waals surface area contributed by atoms with E-state index in [0.29, 0.717) is 24.5 Å². The van der Waals surface area contributed by atoms with Gasteiger partial charge in [0.05, 0.1) is 12.5 Å². The predicted octanol–water partition coefficient (Wildman–Crippen LogP) is 2.91.